The molecule has 0 aliphatic heterocycles. The summed E-state index contributed by atoms with van der Waals surface area (Å²) in [5, 5.41) is 2.67. The Bertz CT molecular complexity index is 452. The van der Waals surface area contributed by atoms with Gasteiger partial charge in [-0.05, 0) is 39.3 Å². The lowest BCUT2D eigenvalue weighted by Crippen LogP contribution is -2.32. The molecule has 0 unspecified atom stereocenters. The van der Waals surface area contributed by atoms with Crippen molar-refractivity contribution in [1.29, 1.82) is 0 Å². The van der Waals surface area contributed by atoms with Crippen molar-refractivity contribution in [2.24, 2.45) is 0 Å². The highest BCUT2D eigenvalue weighted by atomic mass is 16.6. The normalized spacial score (nSPS) is 11.5. The second-order valence-corrected chi connectivity index (χ2v) is 4.96. The molecule has 0 atom stereocenters. The minimum absolute atomic E-state index is 0.244. The van der Waals surface area contributed by atoms with E-state index in [1.165, 1.54) is 0 Å². The van der Waals surface area contributed by atoms with Gasteiger partial charge in [-0.3, -0.25) is 0 Å². The van der Waals surface area contributed by atoms with Crippen LogP contribution in [0.25, 0.3) is 6.08 Å². The molecule has 3 N–H and O–H groups in total. The zero-order valence-corrected chi connectivity index (χ0v) is 11.5. The number of carbonyl (C=O) groups excluding carboxylic acids is 1. The molecular formula is C13H20N4O2. The van der Waals surface area contributed by atoms with Crippen molar-refractivity contribution in [3.8, 4) is 0 Å². The molecule has 0 spiro atoms. The van der Waals surface area contributed by atoms with Crippen molar-refractivity contribution < 1.29 is 9.53 Å². The highest BCUT2D eigenvalue weighted by molar-refractivity contribution is 5.67. The molecule has 19 heavy (non-hydrogen) atoms. The maximum atomic E-state index is 11.3. The van der Waals surface area contributed by atoms with Gasteiger partial charge in [-0.1, -0.05) is 6.08 Å². The number of carbonyl (C=O) groups is 1. The van der Waals surface area contributed by atoms with Crippen LogP contribution >= 0.6 is 0 Å². The van der Waals surface area contributed by atoms with Gasteiger partial charge in [0.05, 0.1) is 5.69 Å². The Morgan fingerprint density at radius 1 is 1.53 bits per heavy atom. The van der Waals surface area contributed by atoms with Gasteiger partial charge in [0.2, 0.25) is 5.95 Å². The first-order chi connectivity index (χ1) is 8.87. The van der Waals surface area contributed by atoms with Crippen LogP contribution in [0.15, 0.2) is 18.3 Å². The largest absolute Gasteiger partial charge is 0.444 e. The van der Waals surface area contributed by atoms with Crippen molar-refractivity contribution in [2.45, 2.75) is 32.8 Å². The van der Waals surface area contributed by atoms with Crippen LogP contribution in [0, 0.1) is 0 Å². The average molecular weight is 264 g/mol. The van der Waals surface area contributed by atoms with E-state index in [0.29, 0.717) is 13.0 Å². The molecule has 1 heterocycles. The molecule has 1 aromatic rings. The molecule has 0 saturated carbocycles. The van der Waals surface area contributed by atoms with Gasteiger partial charge in [0.15, 0.2) is 0 Å². The molecule has 0 saturated heterocycles. The SMILES string of the molecule is CC(C)(C)OC(=O)NCCC=Cc1ccnc(N)n1. The number of hydrogen-bond acceptors (Lipinski definition) is 5. The van der Waals surface area contributed by atoms with Crippen molar-refractivity contribution in [2.75, 3.05) is 12.3 Å². The fraction of sp³-hybridized carbons (Fsp3) is 0.462. The molecule has 6 nitrogen and oxygen atoms in total. The number of amides is 1. The zero-order valence-electron chi connectivity index (χ0n) is 11.5. The molecule has 0 bridgehead atoms. The summed E-state index contributed by atoms with van der Waals surface area (Å²) >= 11 is 0. The molecular weight excluding hydrogens is 244 g/mol. The van der Waals surface area contributed by atoms with Crippen molar-refractivity contribution in [3.63, 3.8) is 0 Å². The second-order valence-electron chi connectivity index (χ2n) is 4.96. The summed E-state index contributed by atoms with van der Waals surface area (Å²) in [5.41, 5.74) is 5.72. The van der Waals surface area contributed by atoms with E-state index >= 15 is 0 Å². The third-order valence-electron chi connectivity index (χ3n) is 1.96. The first-order valence-corrected chi connectivity index (χ1v) is 6.09. The molecule has 1 rings (SSSR count). The standard InChI is InChI=1S/C13H20N4O2/c1-13(2,3)19-12(18)16-8-5-4-6-10-7-9-15-11(14)17-10/h4,6-7,9H,5,8H2,1-3H3,(H,16,18)(H2,14,15,17). The third kappa shape index (κ3) is 7.03. The van der Waals surface area contributed by atoms with E-state index < -0.39 is 11.7 Å². The van der Waals surface area contributed by atoms with E-state index in [2.05, 4.69) is 15.3 Å². The molecule has 0 aliphatic rings. The second kappa shape index (κ2) is 6.72. The fourth-order valence-electron chi connectivity index (χ4n) is 1.26. The Kier molecular flexibility index (Phi) is 5.29. The fourth-order valence-corrected chi connectivity index (χ4v) is 1.26. The number of nitrogens with one attached hydrogen (secondary N) is 1. The van der Waals surface area contributed by atoms with Crippen LogP contribution in [-0.2, 0) is 4.74 Å². The Morgan fingerprint density at radius 3 is 2.89 bits per heavy atom. The summed E-state index contributed by atoms with van der Waals surface area (Å²) in [5.74, 6) is 0.244. The Morgan fingerprint density at radius 2 is 2.26 bits per heavy atom. The van der Waals surface area contributed by atoms with Crippen molar-refractivity contribution >= 4 is 18.1 Å². The van der Waals surface area contributed by atoms with Gasteiger partial charge in [-0.2, -0.15) is 0 Å². The third-order valence-corrected chi connectivity index (χ3v) is 1.96. The minimum Gasteiger partial charge on any atom is -0.444 e. The lowest BCUT2D eigenvalue weighted by atomic mass is 10.2. The Labute approximate surface area is 113 Å². The van der Waals surface area contributed by atoms with Gasteiger partial charge in [0.25, 0.3) is 0 Å². The Hall–Kier alpha value is -2.11. The first-order valence-electron chi connectivity index (χ1n) is 6.09. The number of hydrogen-bond donors (Lipinski definition) is 2. The van der Waals surface area contributed by atoms with Crippen LogP contribution < -0.4 is 11.1 Å². The number of anilines is 1. The predicted molar refractivity (Wildman–Crippen MR) is 74.3 cm³/mol. The molecule has 1 aromatic heterocycles. The maximum absolute atomic E-state index is 11.3. The van der Waals surface area contributed by atoms with Crippen LogP contribution in [0.4, 0.5) is 10.7 Å². The summed E-state index contributed by atoms with van der Waals surface area (Å²) < 4.78 is 5.11. The summed E-state index contributed by atoms with van der Waals surface area (Å²) in [7, 11) is 0. The van der Waals surface area contributed by atoms with Gasteiger partial charge in [0.1, 0.15) is 5.60 Å². The van der Waals surface area contributed by atoms with E-state index in [1.807, 2.05) is 32.9 Å². The number of nitrogens with zero attached hydrogens (tertiary/aromatic N) is 2. The van der Waals surface area contributed by atoms with Crippen LogP contribution in [0.3, 0.4) is 0 Å². The monoisotopic (exact) mass is 264 g/mol. The van der Waals surface area contributed by atoms with E-state index in [-0.39, 0.29) is 5.95 Å². The van der Waals surface area contributed by atoms with Gasteiger partial charge in [0, 0.05) is 12.7 Å². The quantitative estimate of drug-likeness (QED) is 0.812. The average Bonchev–Trinajstić information content (AvgIpc) is 2.26. The highest BCUT2D eigenvalue weighted by Gasteiger charge is 2.14. The number of nitrogen functional groups attached to an aromatic ring is 1. The van der Waals surface area contributed by atoms with E-state index in [9.17, 15) is 4.79 Å². The summed E-state index contributed by atoms with van der Waals surface area (Å²) in [4.78, 5) is 19.2. The predicted octanol–water partition coefficient (Wildman–Crippen LogP) is 1.99. The van der Waals surface area contributed by atoms with Gasteiger partial charge in [-0.25, -0.2) is 14.8 Å². The summed E-state index contributed by atoms with van der Waals surface area (Å²) in [6.07, 6.45) is 5.60. The lowest BCUT2D eigenvalue weighted by Gasteiger charge is -2.19. The van der Waals surface area contributed by atoms with E-state index in [0.717, 1.165) is 5.69 Å². The minimum atomic E-state index is -0.474. The molecule has 0 fully saturated rings. The first kappa shape index (κ1) is 14.9. The molecule has 0 radical (unpaired) electrons. The summed E-state index contributed by atoms with van der Waals surface area (Å²) in [6.45, 7) is 5.98. The number of rotatable bonds is 4. The number of aromatic nitrogens is 2. The smallest absolute Gasteiger partial charge is 0.407 e. The van der Waals surface area contributed by atoms with Crippen LogP contribution in [-0.4, -0.2) is 28.2 Å². The highest BCUT2D eigenvalue weighted by Crippen LogP contribution is 2.06. The Balaban J connectivity index is 2.26. The van der Waals surface area contributed by atoms with Crippen LogP contribution in [0.2, 0.25) is 0 Å². The summed E-state index contributed by atoms with van der Waals surface area (Å²) in [6, 6.07) is 1.76. The van der Waals surface area contributed by atoms with Crippen LogP contribution in [0.1, 0.15) is 32.9 Å². The zero-order chi connectivity index (χ0) is 14.3. The number of nitrogens with two attached hydrogens (primary N) is 1. The maximum Gasteiger partial charge on any atom is 0.407 e. The molecule has 0 aromatic carbocycles. The van der Waals surface area contributed by atoms with E-state index in [4.69, 9.17) is 10.5 Å². The molecule has 1 amide bonds. The number of alkyl carbamates (subject to hydrolysis) is 1. The van der Waals surface area contributed by atoms with Crippen LogP contribution in [0.5, 0.6) is 0 Å². The molecule has 0 aliphatic carbocycles. The van der Waals surface area contributed by atoms with Crippen molar-refractivity contribution in [1.82, 2.24) is 15.3 Å². The van der Waals surface area contributed by atoms with Gasteiger partial charge >= 0.3 is 6.09 Å². The topological polar surface area (TPSA) is 90.1 Å². The molecule has 6 heteroatoms. The lowest BCUT2D eigenvalue weighted by molar-refractivity contribution is 0.0529. The van der Waals surface area contributed by atoms with Gasteiger partial charge in [-0.15, -0.1) is 0 Å². The van der Waals surface area contributed by atoms with E-state index in [1.54, 1.807) is 12.3 Å². The number of ether oxygens (including phenoxy) is 1. The van der Waals surface area contributed by atoms with Gasteiger partial charge < -0.3 is 15.8 Å². The van der Waals surface area contributed by atoms with Crippen molar-refractivity contribution in [3.05, 3.63) is 24.0 Å². The molecule has 104 valence electrons.